The van der Waals surface area contributed by atoms with Crippen molar-refractivity contribution < 1.29 is 23.5 Å². The molecular formula is C23H21N3O5. The first-order valence-electron chi connectivity index (χ1n) is 9.71. The number of benzene rings is 2. The van der Waals surface area contributed by atoms with E-state index in [-0.39, 0.29) is 24.9 Å². The molecule has 0 aliphatic heterocycles. The molecule has 4 rings (SSSR count). The largest absolute Gasteiger partial charge is 0.493 e. The number of para-hydroxylation sites is 1. The Balaban J connectivity index is 1.32. The van der Waals surface area contributed by atoms with Crippen molar-refractivity contribution in [2.24, 2.45) is 0 Å². The molecule has 2 heterocycles. The van der Waals surface area contributed by atoms with E-state index in [2.05, 4.69) is 15.1 Å². The first-order valence-corrected chi connectivity index (χ1v) is 9.71. The number of nitrogens with zero attached hydrogens (tertiary/aromatic N) is 3. The van der Waals surface area contributed by atoms with Crippen LogP contribution in [0.3, 0.4) is 0 Å². The number of aryl methyl sites for hydroxylation is 1. The van der Waals surface area contributed by atoms with Crippen LogP contribution in [0.15, 0.2) is 59.1 Å². The van der Waals surface area contributed by atoms with Gasteiger partial charge in [-0.1, -0.05) is 29.4 Å². The number of aromatic nitrogens is 3. The van der Waals surface area contributed by atoms with Gasteiger partial charge in [0.2, 0.25) is 5.82 Å². The molecule has 0 saturated heterocycles. The zero-order valence-corrected chi connectivity index (χ0v) is 17.2. The zero-order chi connectivity index (χ0) is 21.6. The number of fused-ring (bicyclic) bond motifs is 1. The second-order valence-corrected chi connectivity index (χ2v) is 6.74. The van der Waals surface area contributed by atoms with Crippen molar-refractivity contribution in [3.8, 4) is 22.9 Å². The summed E-state index contributed by atoms with van der Waals surface area (Å²) in [6.45, 7) is -0.0930. The number of ether oxygens (including phenoxy) is 3. The molecule has 4 aromatic rings. The van der Waals surface area contributed by atoms with Crippen LogP contribution in [0.1, 0.15) is 18.0 Å². The lowest BCUT2D eigenvalue weighted by atomic mass is 10.1. The third kappa shape index (κ3) is 4.80. The Labute approximate surface area is 178 Å². The molecular weight excluding hydrogens is 398 g/mol. The fourth-order valence-corrected chi connectivity index (χ4v) is 3.10. The molecule has 0 aliphatic rings. The second-order valence-electron chi connectivity index (χ2n) is 6.74. The molecule has 0 radical (unpaired) electrons. The van der Waals surface area contributed by atoms with E-state index in [9.17, 15) is 4.79 Å². The minimum atomic E-state index is -0.360. The average molecular weight is 419 g/mol. The van der Waals surface area contributed by atoms with Gasteiger partial charge in [-0.25, -0.2) is 0 Å². The van der Waals surface area contributed by atoms with Gasteiger partial charge in [0.05, 0.1) is 26.2 Å². The minimum absolute atomic E-state index is 0.0930. The molecule has 2 aromatic carbocycles. The summed E-state index contributed by atoms with van der Waals surface area (Å²) in [7, 11) is 3.12. The maximum atomic E-state index is 12.1. The lowest BCUT2D eigenvalue weighted by molar-refractivity contribution is -0.145. The van der Waals surface area contributed by atoms with Crippen LogP contribution in [0.2, 0.25) is 0 Å². The zero-order valence-electron chi connectivity index (χ0n) is 17.2. The number of pyridine rings is 1. The highest BCUT2D eigenvalue weighted by molar-refractivity contribution is 5.78. The predicted octanol–water partition coefficient (Wildman–Crippen LogP) is 3.98. The third-order valence-electron chi connectivity index (χ3n) is 4.71. The number of carbonyl (C=O) groups is 1. The molecule has 31 heavy (non-hydrogen) atoms. The molecule has 0 atom stereocenters. The van der Waals surface area contributed by atoms with E-state index in [0.29, 0.717) is 29.3 Å². The Bertz CT molecular complexity index is 1200. The van der Waals surface area contributed by atoms with E-state index in [1.807, 2.05) is 36.4 Å². The van der Waals surface area contributed by atoms with Gasteiger partial charge in [0.25, 0.3) is 5.89 Å². The molecule has 158 valence electrons. The van der Waals surface area contributed by atoms with E-state index in [1.54, 1.807) is 32.4 Å². The molecule has 8 heteroatoms. The van der Waals surface area contributed by atoms with Gasteiger partial charge >= 0.3 is 5.97 Å². The van der Waals surface area contributed by atoms with Gasteiger partial charge in [-0.3, -0.25) is 9.78 Å². The molecule has 0 N–H and O–H groups in total. The Kier molecular flexibility index (Phi) is 6.07. The SMILES string of the molecule is COc1ccc(-c2noc(COC(=O)CCc3ccc4ccccc4n3)n2)cc1OC. The summed E-state index contributed by atoms with van der Waals surface area (Å²) in [5.74, 6) is 1.38. The van der Waals surface area contributed by atoms with Crippen molar-refractivity contribution in [3.63, 3.8) is 0 Å². The third-order valence-corrected chi connectivity index (χ3v) is 4.71. The highest BCUT2D eigenvalue weighted by Gasteiger charge is 2.14. The molecule has 8 nitrogen and oxygen atoms in total. The molecule has 2 aromatic heterocycles. The van der Waals surface area contributed by atoms with E-state index in [1.165, 1.54) is 0 Å². The van der Waals surface area contributed by atoms with Crippen molar-refractivity contribution in [2.45, 2.75) is 19.4 Å². The smallest absolute Gasteiger partial charge is 0.306 e. The number of methoxy groups -OCH3 is 2. The standard InChI is InChI=1S/C23H21N3O5/c1-28-19-11-8-16(13-20(19)29-2)23-25-21(31-26-23)14-30-22(27)12-10-17-9-7-15-5-3-4-6-18(15)24-17/h3-9,11,13H,10,12,14H2,1-2H3. The summed E-state index contributed by atoms with van der Waals surface area (Å²) in [6.07, 6.45) is 0.701. The summed E-state index contributed by atoms with van der Waals surface area (Å²) in [4.78, 5) is 20.9. The van der Waals surface area contributed by atoms with Gasteiger partial charge < -0.3 is 18.7 Å². The van der Waals surface area contributed by atoms with Crippen LogP contribution in [-0.2, 0) is 22.6 Å². The van der Waals surface area contributed by atoms with Gasteiger partial charge in [0.1, 0.15) is 0 Å². The minimum Gasteiger partial charge on any atom is -0.493 e. The highest BCUT2D eigenvalue weighted by atomic mass is 16.6. The lowest BCUT2D eigenvalue weighted by Crippen LogP contribution is -2.06. The van der Waals surface area contributed by atoms with Gasteiger partial charge in [-0.2, -0.15) is 4.98 Å². The van der Waals surface area contributed by atoms with Crippen molar-refractivity contribution in [3.05, 3.63) is 66.2 Å². The molecule has 0 bridgehead atoms. The van der Waals surface area contributed by atoms with Gasteiger partial charge in [0, 0.05) is 23.1 Å². The van der Waals surface area contributed by atoms with Crippen LogP contribution in [-0.4, -0.2) is 35.3 Å². The molecule has 0 saturated carbocycles. The fraction of sp³-hybridized carbons (Fsp3) is 0.217. The van der Waals surface area contributed by atoms with E-state index < -0.39 is 0 Å². The fourth-order valence-electron chi connectivity index (χ4n) is 3.10. The lowest BCUT2D eigenvalue weighted by Gasteiger charge is -2.07. The van der Waals surface area contributed by atoms with Gasteiger partial charge in [0.15, 0.2) is 18.1 Å². The number of hydrogen-bond acceptors (Lipinski definition) is 8. The summed E-state index contributed by atoms with van der Waals surface area (Å²) < 4.78 is 21.0. The predicted molar refractivity (Wildman–Crippen MR) is 113 cm³/mol. The van der Waals surface area contributed by atoms with Crippen molar-refractivity contribution >= 4 is 16.9 Å². The van der Waals surface area contributed by atoms with Crippen molar-refractivity contribution in [2.75, 3.05) is 14.2 Å². The van der Waals surface area contributed by atoms with E-state index >= 15 is 0 Å². The Morgan fingerprint density at radius 2 is 1.81 bits per heavy atom. The number of carbonyl (C=O) groups excluding carboxylic acids is 1. The van der Waals surface area contributed by atoms with Crippen LogP contribution < -0.4 is 9.47 Å². The Morgan fingerprint density at radius 3 is 2.65 bits per heavy atom. The number of esters is 1. The first kappa shape index (κ1) is 20.3. The number of hydrogen-bond donors (Lipinski definition) is 0. The van der Waals surface area contributed by atoms with Crippen molar-refractivity contribution in [1.29, 1.82) is 0 Å². The number of rotatable bonds is 8. The summed E-state index contributed by atoms with van der Waals surface area (Å²) in [5, 5.41) is 5.00. The van der Waals surface area contributed by atoms with Crippen LogP contribution in [0.25, 0.3) is 22.3 Å². The quantitative estimate of drug-likeness (QED) is 0.396. The van der Waals surface area contributed by atoms with Gasteiger partial charge in [-0.15, -0.1) is 0 Å². The van der Waals surface area contributed by atoms with Crippen LogP contribution in [0.5, 0.6) is 11.5 Å². The van der Waals surface area contributed by atoms with E-state index in [4.69, 9.17) is 18.7 Å². The van der Waals surface area contributed by atoms with Crippen LogP contribution >= 0.6 is 0 Å². The van der Waals surface area contributed by atoms with Crippen LogP contribution in [0, 0.1) is 0 Å². The Hall–Kier alpha value is -3.94. The topological polar surface area (TPSA) is 96.6 Å². The summed E-state index contributed by atoms with van der Waals surface area (Å²) in [6, 6.07) is 17.1. The average Bonchev–Trinajstić information content (AvgIpc) is 3.30. The molecule has 0 spiro atoms. The second kappa shape index (κ2) is 9.25. The Morgan fingerprint density at radius 1 is 0.968 bits per heavy atom. The molecule has 0 unspecified atom stereocenters. The van der Waals surface area contributed by atoms with E-state index in [0.717, 1.165) is 16.6 Å². The first-order chi connectivity index (χ1) is 15.2. The molecule has 0 amide bonds. The van der Waals surface area contributed by atoms with Crippen molar-refractivity contribution in [1.82, 2.24) is 15.1 Å². The normalized spacial score (nSPS) is 10.8. The van der Waals surface area contributed by atoms with Gasteiger partial charge in [-0.05, 0) is 30.3 Å². The maximum absolute atomic E-state index is 12.1. The molecule has 0 fully saturated rings. The molecule has 0 aliphatic carbocycles. The maximum Gasteiger partial charge on any atom is 0.306 e. The van der Waals surface area contributed by atoms with Crippen LogP contribution in [0.4, 0.5) is 0 Å². The summed E-state index contributed by atoms with van der Waals surface area (Å²) >= 11 is 0. The monoisotopic (exact) mass is 419 g/mol. The highest BCUT2D eigenvalue weighted by Crippen LogP contribution is 2.31. The summed E-state index contributed by atoms with van der Waals surface area (Å²) in [5.41, 5.74) is 2.44.